The maximum atomic E-state index is 13.3. The maximum absolute atomic E-state index is 13.3. The third kappa shape index (κ3) is 2.79. The predicted molar refractivity (Wildman–Crippen MR) is 83.7 cm³/mol. The molecule has 0 amide bonds. The summed E-state index contributed by atoms with van der Waals surface area (Å²) in [6.45, 7) is 6.00. The molecule has 0 spiro atoms. The Hall–Kier alpha value is -0.980. The van der Waals surface area contributed by atoms with Crippen LogP contribution in [0.2, 0.25) is 0 Å². The Morgan fingerprint density at radius 3 is 2.73 bits per heavy atom. The molecule has 3 rings (SSSR count). The number of nitrogens with zero attached hydrogens (tertiary/aromatic N) is 2. The Morgan fingerprint density at radius 2 is 2.00 bits per heavy atom. The predicted octanol–water partition coefficient (Wildman–Crippen LogP) is 2.38. The van der Waals surface area contributed by atoms with Gasteiger partial charge in [0.2, 0.25) is 10.0 Å². The molecular formula is C16H23FN2O2S. The molecule has 0 N–H and O–H groups in total. The zero-order valence-electron chi connectivity index (χ0n) is 13.1. The molecule has 0 unspecified atom stereocenters. The first-order chi connectivity index (χ1) is 10.4. The van der Waals surface area contributed by atoms with E-state index in [1.807, 2.05) is 6.92 Å². The summed E-state index contributed by atoms with van der Waals surface area (Å²) in [7, 11) is -3.57. The first-order valence-corrected chi connectivity index (χ1v) is 9.35. The van der Waals surface area contributed by atoms with Gasteiger partial charge in [0, 0.05) is 25.2 Å². The van der Waals surface area contributed by atoms with Crippen LogP contribution in [0.4, 0.5) is 4.39 Å². The lowest BCUT2D eigenvalue weighted by Crippen LogP contribution is -2.59. The van der Waals surface area contributed by atoms with Crippen molar-refractivity contribution in [3.8, 4) is 0 Å². The molecule has 0 aliphatic carbocycles. The van der Waals surface area contributed by atoms with Crippen LogP contribution in [0.3, 0.4) is 0 Å². The highest BCUT2D eigenvalue weighted by molar-refractivity contribution is 7.89. The van der Waals surface area contributed by atoms with Crippen LogP contribution < -0.4 is 0 Å². The van der Waals surface area contributed by atoms with Gasteiger partial charge in [0.05, 0.1) is 4.90 Å². The normalized spacial score (nSPS) is 27.6. The Kier molecular flexibility index (Phi) is 4.27. The number of hydrogen-bond acceptors (Lipinski definition) is 3. The van der Waals surface area contributed by atoms with Gasteiger partial charge in [0.15, 0.2) is 0 Å². The van der Waals surface area contributed by atoms with Crippen molar-refractivity contribution in [1.29, 1.82) is 0 Å². The third-order valence-electron chi connectivity index (χ3n) is 4.85. The second kappa shape index (κ2) is 5.91. The van der Waals surface area contributed by atoms with Gasteiger partial charge in [-0.05, 0) is 57.0 Å². The zero-order chi connectivity index (χ0) is 15.9. The van der Waals surface area contributed by atoms with Crippen LogP contribution in [0, 0.1) is 12.7 Å². The molecule has 2 heterocycles. The van der Waals surface area contributed by atoms with Crippen LogP contribution in [-0.2, 0) is 10.0 Å². The summed E-state index contributed by atoms with van der Waals surface area (Å²) in [5.41, 5.74) is 0.471. The van der Waals surface area contributed by atoms with Gasteiger partial charge in [0.1, 0.15) is 5.82 Å². The summed E-state index contributed by atoms with van der Waals surface area (Å²) in [4.78, 5) is 2.64. The van der Waals surface area contributed by atoms with Crippen molar-refractivity contribution in [2.45, 2.75) is 50.1 Å². The number of piperidine rings is 1. The molecule has 0 aromatic heterocycles. The fourth-order valence-electron chi connectivity index (χ4n) is 3.69. The monoisotopic (exact) mass is 326 g/mol. The highest BCUT2D eigenvalue weighted by Crippen LogP contribution is 2.29. The number of hydrogen-bond donors (Lipinski definition) is 0. The van der Waals surface area contributed by atoms with E-state index in [-0.39, 0.29) is 10.9 Å². The summed E-state index contributed by atoms with van der Waals surface area (Å²) in [6, 6.07) is 4.17. The molecule has 2 aliphatic rings. The fraction of sp³-hybridized carbons (Fsp3) is 0.625. The number of piperazine rings is 1. The van der Waals surface area contributed by atoms with Gasteiger partial charge in [0.25, 0.3) is 0 Å². The second-order valence-electron chi connectivity index (χ2n) is 6.48. The average Bonchev–Trinajstić information content (AvgIpc) is 2.46. The van der Waals surface area contributed by atoms with Crippen LogP contribution >= 0.6 is 0 Å². The Labute approximate surface area is 132 Å². The van der Waals surface area contributed by atoms with Crippen molar-refractivity contribution >= 4 is 10.0 Å². The molecule has 0 bridgehead atoms. The van der Waals surface area contributed by atoms with Crippen LogP contribution in [0.5, 0.6) is 0 Å². The highest BCUT2D eigenvalue weighted by Gasteiger charge is 2.39. The van der Waals surface area contributed by atoms with Crippen LogP contribution in [-0.4, -0.2) is 49.3 Å². The Morgan fingerprint density at radius 1 is 1.23 bits per heavy atom. The number of sulfonamides is 1. The largest absolute Gasteiger partial charge is 0.297 e. The highest BCUT2D eigenvalue weighted by atomic mass is 32.2. The fourth-order valence-corrected chi connectivity index (χ4v) is 5.56. The molecule has 4 nitrogen and oxygen atoms in total. The van der Waals surface area contributed by atoms with Gasteiger partial charge in [-0.1, -0.05) is 6.42 Å². The van der Waals surface area contributed by atoms with E-state index in [1.165, 1.54) is 31.0 Å². The molecule has 2 aliphatic heterocycles. The van der Waals surface area contributed by atoms with E-state index in [0.717, 1.165) is 19.5 Å². The van der Waals surface area contributed by atoms with E-state index >= 15 is 0 Å². The minimum Gasteiger partial charge on any atom is -0.297 e. The summed E-state index contributed by atoms with van der Waals surface area (Å²) >= 11 is 0. The van der Waals surface area contributed by atoms with Crippen molar-refractivity contribution in [3.63, 3.8) is 0 Å². The van der Waals surface area contributed by atoms with Gasteiger partial charge >= 0.3 is 0 Å². The molecule has 2 saturated heterocycles. The van der Waals surface area contributed by atoms with Crippen LogP contribution in [0.15, 0.2) is 23.1 Å². The van der Waals surface area contributed by atoms with E-state index in [1.54, 1.807) is 11.2 Å². The Bertz CT molecular complexity index is 662. The standard InChI is InChI=1S/C16H23FN2O2S/c1-12-9-14(17)6-7-16(12)22(20,21)19-11-15-5-3-4-8-18(15)10-13(19)2/h6-7,9,13,15H,3-5,8,10-11H2,1-2H3/t13-,15+/m0/s1. The van der Waals surface area contributed by atoms with E-state index in [0.29, 0.717) is 18.2 Å². The molecule has 1 aromatic carbocycles. The molecular weight excluding hydrogens is 303 g/mol. The third-order valence-corrected chi connectivity index (χ3v) is 6.99. The lowest BCUT2D eigenvalue weighted by molar-refractivity contribution is 0.0564. The molecule has 2 fully saturated rings. The summed E-state index contributed by atoms with van der Waals surface area (Å²) < 4.78 is 40.9. The van der Waals surface area contributed by atoms with E-state index in [2.05, 4.69) is 4.90 Å². The van der Waals surface area contributed by atoms with Crippen LogP contribution in [0.25, 0.3) is 0 Å². The van der Waals surface area contributed by atoms with Gasteiger partial charge in [-0.25, -0.2) is 12.8 Å². The van der Waals surface area contributed by atoms with E-state index in [4.69, 9.17) is 0 Å². The topological polar surface area (TPSA) is 40.6 Å². The van der Waals surface area contributed by atoms with Crippen molar-refractivity contribution in [1.82, 2.24) is 9.21 Å². The number of benzene rings is 1. The average molecular weight is 326 g/mol. The van der Waals surface area contributed by atoms with Crippen LogP contribution in [0.1, 0.15) is 31.7 Å². The van der Waals surface area contributed by atoms with E-state index < -0.39 is 15.8 Å². The quantitative estimate of drug-likeness (QED) is 0.838. The molecule has 122 valence electrons. The second-order valence-corrected chi connectivity index (χ2v) is 8.34. The lowest BCUT2D eigenvalue weighted by atomic mass is 9.99. The number of rotatable bonds is 2. The van der Waals surface area contributed by atoms with Crippen molar-refractivity contribution < 1.29 is 12.8 Å². The number of fused-ring (bicyclic) bond motifs is 1. The van der Waals surface area contributed by atoms with E-state index in [9.17, 15) is 12.8 Å². The molecule has 2 atom stereocenters. The maximum Gasteiger partial charge on any atom is 0.243 e. The lowest BCUT2D eigenvalue weighted by Gasteiger charge is -2.46. The van der Waals surface area contributed by atoms with Gasteiger partial charge in [-0.2, -0.15) is 4.31 Å². The van der Waals surface area contributed by atoms with Gasteiger partial charge in [-0.15, -0.1) is 0 Å². The minimum absolute atomic E-state index is 0.0520. The molecule has 0 radical (unpaired) electrons. The first-order valence-electron chi connectivity index (χ1n) is 7.91. The zero-order valence-corrected chi connectivity index (χ0v) is 13.9. The smallest absolute Gasteiger partial charge is 0.243 e. The van der Waals surface area contributed by atoms with Crippen molar-refractivity contribution in [2.24, 2.45) is 0 Å². The van der Waals surface area contributed by atoms with Crippen molar-refractivity contribution in [3.05, 3.63) is 29.6 Å². The molecule has 6 heteroatoms. The molecule has 22 heavy (non-hydrogen) atoms. The Balaban J connectivity index is 1.91. The van der Waals surface area contributed by atoms with Gasteiger partial charge < -0.3 is 0 Å². The SMILES string of the molecule is Cc1cc(F)ccc1S(=O)(=O)N1C[C@H]2CCCCN2C[C@@H]1C. The number of halogens is 1. The first kappa shape index (κ1) is 15.9. The summed E-state index contributed by atoms with van der Waals surface area (Å²) in [5.74, 6) is -0.401. The van der Waals surface area contributed by atoms with Crippen molar-refractivity contribution in [2.75, 3.05) is 19.6 Å². The number of aryl methyl sites for hydroxylation is 1. The summed E-state index contributed by atoms with van der Waals surface area (Å²) in [5, 5.41) is 0. The summed E-state index contributed by atoms with van der Waals surface area (Å²) in [6.07, 6.45) is 3.42. The molecule has 1 aromatic rings. The van der Waals surface area contributed by atoms with Gasteiger partial charge in [-0.3, -0.25) is 4.90 Å². The minimum atomic E-state index is -3.57. The molecule has 0 saturated carbocycles.